The molecule has 1 aliphatic heterocycles. The first-order valence-electron chi connectivity index (χ1n) is 7.48. The number of rotatable bonds is 7. The highest BCUT2D eigenvalue weighted by molar-refractivity contribution is 7.99. The van der Waals surface area contributed by atoms with Crippen LogP contribution in [0.2, 0.25) is 0 Å². The van der Waals surface area contributed by atoms with E-state index in [-0.39, 0.29) is 5.92 Å². The van der Waals surface area contributed by atoms with Gasteiger partial charge in [0.05, 0.1) is 18.1 Å². The van der Waals surface area contributed by atoms with Crippen molar-refractivity contribution in [2.45, 2.75) is 24.2 Å². The number of hydrogen-bond donors (Lipinski definition) is 0. The quantitative estimate of drug-likeness (QED) is 0.723. The third-order valence-electron chi connectivity index (χ3n) is 3.86. The van der Waals surface area contributed by atoms with Crippen molar-refractivity contribution in [3.05, 3.63) is 30.3 Å². The van der Waals surface area contributed by atoms with E-state index in [4.69, 9.17) is 10.5 Å². The van der Waals surface area contributed by atoms with Crippen molar-refractivity contribution in [1.29, 1.82) is 10.5 Å². The molecule has 0 saturated carbocycles. The number of likely N-dealkylation sites (tertiary alicyclic amines) is 1. The average Bonchev–Trinajstić information content (AvgIpc) is 2.98. The molecule has 1 fully saturated rings. The molecule has 2 rings (SSSR count). The highest BCUT2D eigenvalue weighted by atomic mass is 32.2. The first-order valence-corrected chi connectivity index (χ1v) is 8.47. The lowest BCUT2D eigenvalue weighted by atomic mass is 10.1. The summed E-state index contributed by atoms with van der Waals surface area (Å²) in [5.41, 5.74) is 0. The van der Waals surface area contributed by atoms with Crippen LogP contribution in [0.1, 0.15) is 19.3 Å². The summed E-state index contributed by atoms with van der Waals surface area (Å²) in [5, 5.41) is 17.8. The molecule has 0 spiro atoms. The Hall–Kier alpha value is -1.49. The Morgan fingerprint density at radius 3 is 2.81 bits per heavy atom. The van der Waals surface area contributed by atoms with E-state index < -0.39 is 0 Å². The molecule has 0 aliphatic carbocycles. The smallest absolute Gasteiger partial charge is 0.0669 e. The maximum atomic E-state index is 9.14. The fraction of sp³-hybridized carbons (Fsp3) is 0.529. The van der Waals surface area contributed by atoms with Crippen molar-refractivity contribution < 1.29 is 0 Å². The highest BCUT2D eigenvalue weighted by Crippen LogP contribution is 2.26. The molecule has 1 aliphatic rings. The zero-order chi connectivity index (χ0) is 14.9. The summed E-state index contributed by atoms with van der Waals surface area (Å²) < 4.78 is 0. The van der Waals surface area contributed by atoms with Gasteiger partial charge in [-0.05, 0) is 37.4 Å². The lowest BCUT2D eigenvalue weighted by molar-refractivity contribution is 0.292. The Balaban J connectivity index is 1.71. The summed E-state index contributed by atoms with van der Waals surface area (Å²) in [5.74, 6) is 1.87. The molecule has 1 heterocycles. The van der Waals surface area contributed by atoms with E-state index in [1.165, 1.54) is 11.3 Å². The van der Waals surface area contributed by atoms with E-state index in [9.17, 15) is 0 Å². The molecule has 1 aromatic carbocycles. The lowest BCUT2D eigenvalue weighted by Gasteiger charge is -2.18. The van der Waals surface area contributed by atoms with Gasteiger partial charge in [0.1, 0.15) is 0 Å². The SMILES string of the molecule is N#CCC[C@H](C#N)CN1CC[C@@H](CSc2ccccc2)C1. The van der Waals surface area contributed by atoms with Gasteiger partial charge in [-0.25, -0.2) is 0 Å². The van der Waals surface area contributed by atoms with E-state index >= 15 is 0 Å². The van der Waals surface area contributed by atoms with E-state index in [0.29, 0.717) is 18.8 Å². The van der Waals surface area contributed by atoms with Crippen molar-refractivity contribution in [2.75, 3.05) is 25.4 Å². The molecule has 0 radical (unpaired) electrons. The van der Waals surface area contributed by atoms with E-state index in [2.05, 4.69) is 41.3 Å². The molecule has 1 aromatic rings. The second-order valence-corrected chi connectivity index (χ2v) is 6.65. The van der Waals surface area contributed by atoms with Crippen molar-refractivity contribution in [1.82, 2.24) is 4.90 Å². The monoisotopic (exact) mass is 299 g/mol. The van der Waals surface area contributed by atoms with Crippen LogP contribution >= 0.6 is 11.8 Å². The van der Waals surface area contributed by atoms with Crippen LogP contribution in [0.3, 0.4) is 0 Å². The Kier molecular flexibility index (Phi) is 6.60. The van der Waals surface area contributed by atoms with Crippen LogP contribution in [0.4, 0.5) is 0 Å². The largest absolute Gasteiger partial charge is 0.302 e. The lowest BCUT2D eigenvalue weighted by Crippen LogP contribution is -2.27. The second-order valence-electron chi connectivity index (χ2n) is 5.56. The molecule has 3 nitrogen and oxygen atoms in total. The predicted molar refractivity (Wildman–Crippen MR) is 85.7 cm³/mol. The number of nitrogens with zero attached hydrogens (tertiary/aromatic N) is 3. The van der Waals surface area contributed by atoms with Crippen LogP contribution in [-0.2, 0) is 0 Å². The van der Waals surface area contributed by atoms with Gasteiger partial charge in [-0.15, -0.1) is 11.8 Å². The zero-order valence-corrected chi connectivity index (χ0v) is 13.1. The fourth-order valence-electron chi connectivity index (χ4n) is 2.69. The molecule has 2 atom stereocenters. The molecule has 21 heavy (non-hydrogen) atoms. The molecule has 1 saturated heterocycles. The van der Waals surface area contributed by atoms with Gasteiger partial charge in [-0.3, -0.25) is 0 Å². The summed E-state index contributed by atoms with van der Waals surface area (Å²) in [6.45, 7) is 3.00. The van der Waals surface area contributed by atoms with Crippen LogP contribution < -0.4 is 0 Å². The van der Waals surface area contributed by atoms with Crippen LogP contribution in [0.15, 0.2) is 35.2 Å². The van der Waals surface area contributed by atoms with Gasteiger partial charge in [0.15, 0.2) is 0 Å². The summed E-state index contributed by atoms with van der Waals surface area (Å²) in [4.78, 5) is 3.72. The molecule has 0 amide bonds. The topological polar surface area (TPSA) is 50.8 Å². The Morgan fingerprint density at radius 2 is 2.10 bits per heavy atom. The average molecular weight is 299 g/mol. The first-order chi connectivity index (χ1) is 10.3. The summed E-state index contributed by atoms with van der Waals surface area (Å²) in [6.07, 6.45) is 2.41. The van der Waals surface area contributed by atoms with Crippen molar-refractivity contribution in [3.8, 4) is 12.1 Å². The molecule has 110 valence electrons. The third kappa shape index (κ3) is 5.42. The van der Waals surface area contributed by atoms with Crippen LogP contribution in [0.25, 0.3) is 0 Å². The fourth-order valence-corrected chi connectivity index (χ4v) is 3.74. The van der Waals surface area contributed by atoms with Crippen molar-refractivity contribution in [2.24, 2.45) is 11.8 Å². The minimum absolute atomic E-state index is 0.00479. The van der Waals surface area contributed by atoms with Crippen LogP contribution in [-0.4, -0.2) is 30.3 Å². The molecule has 0 N–H and O–H groups in total. The minimum atomic E-state index is 0.00479. The zero-order valence-electron chi connectivity index (χ0n) is 12.2. The molecular formula is C17H21N3S. The Labute approximate surface area is 131 Å². The third-order valence-corrected chi connectivity index (χ3v) is 5.11. The Morgan fingerprint density at radius 1 is 1.29 bits per heavy atom. The van der Waals surface area contributed by atoms with Gasteiger partial charge in [0.25, 0.3) is 0 Å². The Bertz CT molecular complexity index is 503. The summed E-state index contributed by atoms with van der Waals surface area (Å²) in [7, 11) is 0. The van der Waals surface area contributed by atoms with Gasteiger partial charge in [-0.1, -0.05) is 18.2 Å². The van der Waals surface area contributed by atoms with Crippen molar-refractivity contribution in [3.63, 3.8) is 0 Å². The number of thioether (sulfide) groups is 1. The van der Waals surface area contributed by atoms with Gasteiger partial charge in [-0.2, -0.15) is 10.5 Å². The van der Waals surface area contributed by atoms with E-state index in [0.717, 1.165) is 25.4 Å². The van der Waals surface area contributed by atoms with Crippen LogP contribution in [0.5, 0.6) is 0 Å². The number of hydrogen-bond acceptors (Lipinski definition) is 4. The van der Waals surface area contributed by atoms with Gasteiger partial charge in [0, 0.05) is 30.2 Å². The normalized spacial score (nSPS) is 19.8. The van der Waals surface area contributed by atoms with Gasteiger partial charge >= 0.3 is 0 Å². The standard InChI is InChI=1S/C17H21N3S/c18-9-4-5-15(11-19)12-20-10-8-16(13-20)14-21-17-6-2-1-3-7-17/h1-3,6-7,15-16H,4-5,8,10,12-14H2/t15-,16-/m1/s1. The maximum absolute atomic E-state index is 9.14. The second kappa shape index (κ2) is 8.72. The molecule has 4 heteroatoms. The molecular weight excluding hydrogens is 278 g/mol. The minimum Gasteiger partial charge on any atom is -0.302 e. The number of nitriles is 2. The van der Waals surface area contributed by atoms with Gasteiger partial charge in [0.2, 0.25) is 0 Å². The van der Waals surface area contributed by atoms with Gasteiger partial charge < -0.3 is 4.90 Å². The number of benzene rings is 1. The molecule has 0 unspecified atom stereocenters. The molecule has 0 bridgehead atoms. The van der Waals surface area contributed by atoms with E-state index in [1.54, 1.807) is 0 Å². The van der Waals surface area contributed by atoms with Crippen molar-refractivity contribution >= 4 is 11.8 Å². The highest BCUT2D eigenvalue weighted by Gasteiger charge is 2.24. The first kappa shape index (κ1) is 15.9. The maximum Gasteiger partial charge on any atom is 0.0669 e. The molecule has 0 aromatic heterocycles. The summed E-state index contributed by atoms with van der Waals surface area (Å²) in [6, 6.07) is 15.0. The predicted octanol–water partition coefficient (Wildman–Crippen LogP) is 3.54. The summed E-state index contributed by atoms with van der Waals surface area (Å²) >= 11 is 1.92. The van der Waals surface area contributed by atoms with Crippen LogP contribution in [0, 0.1) is 34.5 Å². The van der Waals surface area contributed by atoms with E-state index in [1.807, 2.05) is 17.8 Å².